The Bertz CT molecular complexity index is 170. The Hall–Kier alpha value is -0.570. The van der Waals surface area contributed by atoms with Crippen molar-refractivity contribution in [2.75, 3.05) is 6.54 Å². The number of carbonyl (C=O) groups is 1. The summed E-state index contributed by atoms with van der Waals surface area (Å²) in [5.74, 6) is -0.327. The zero-order valence-electron chi connectivity index (χ0n) is 8.25. The van der Waals surface area contributed by atoms with E-state index in [1.165, 1.54) is 0 Å². The minimum absolute atomic E-state index is 0.291. The Morgan fingerprint density at radius 1 is 1.62 bits per heavy atom. The molecule has 1 saturated heterocycles. The second-order valence-corrected chi connectivity index (χ2v) is 3.81. The predicted octanol–water partition coefficient (Wildman–Crippen LogP) is 1.63. The maximum absolute atomic E-state index is 10.9. The Kier molecular flexibility index (Phi) is 4.22. The van der Waals surface area contributed by atoms with Crippen molar-refractivity contribution in [2.45, 2.75) is 45.1 Å². The average molecular weight is 185 g/mol. The molecular weight excluding hydrogens is 166 g/mol. The summed E-state index contributed by atoms with van der Waals surface area (Å²) in [6.45, 7) is 3.01. The number of carboxylic acids is 1. The molecule has 0 amide bonds. The number of rotatable bonds is 4. The van der Waals surface area contributed by atoms with Gasteiger partial charge in [0.15, 0.2) is 0 Å². The molecule has 1 heterocycles. The van der Waals surface area contributed by atoms with E-state index >= 15 is 0 Å². The number of aliphatic carboxylic acids is 1. The van der Waals surface area contributed by atoms with Crippen molar-refractivity contribution in [3.8, 4) is 0 Å². The maximum Gasteiger partial charge on any atom is 0.320 e. The van der Waals surface area contributed by atoms with Gasteiger partial charge in [0.05, 0.1) is 0 Å². The fraction of sp³-hybridized carbons (Fsp3) is 0.900. The Morgan fingerprint density at radius 2 is 2.38 bits per heavy atom. The Balaban J connectivity index is 2.41. The fourth-order valence-electron chi connectivity index (χ4n) is 2.02. The standard InChI is InChI=1S/C10H19NO2/c1-2-3-5-8-6-4-7-11-9(8)10(12)13/h8-9,11H,2-7H2,1H3,(H,12,13)/t8-,9+/m1/s1. The summed E-state index contributed by atoms with van der Waals surface area (Å²) in [6.07, 6.45) is 5.56. The van der Waals surface area contributed by atoms with Gasteiger partial charge in [0.25, 0.3) is 0 Å². The second-order valence-electron chi connectivity index (χ2n) is 3.81. The molecule has 0 aliphatic carbocycles. The first-order valence-corrected chi connectivity index (χ1v) is 5.22. The SMILES string of the molecule is CCCC[C@@H]1CCCN[C@@H]1C(=O)O. The number of hydrogen-bond donors (Lipinski definition) is 2. The summed E-state index contributed by atoms with van der Waals surface area (Å²) < 4.78 is 0. The number of nitrogens with one attached hydrogen (secondary N) is 1. The smallest absolute Gasteiger partial charge is 0.320 e. The van der Waals surface area contributed by atoms with Crippen LogP contribution in [0.15, 0.2) is 0 Å². The summed E-state index contributed by atoms with van der Waals surface area (Å²) in [5, 5.41) is 12.0. The zero-order chi connectivity index (χ0) is 9.68. The molecule has 3 nitrogen and oxygen atoms in total. The van der Waals surface area contributed by atoms with E-state index in [4.69, 9.17) is 5.11 Å². The lowest BCUT2D eigenvalue weighted by molar-refractivity contribution is -0.141. The summed E-state index contributed by atoms with van der Waals surface area (Å²) in [4.78, 5) is 10.9. The summed E-state index contributed by atoms with van der Waals surface area (Å²) in [6, 6.07) is -0.291. The van der Waals surface area contributed by atoms with E-state index in [2.05, 4.69) is 12.2 Å². The third kappa shape index (κ3) is 2.99. The van der Waals surface area contributed by atoms with Crippen molar-refractivity contribution in [3.63, 3.8) is 0 Å². The molecule has 1 rings (SSSR count). The first kappa shape index (κ1) is 10.5. The molecule has 13 heavy (non-hydrogen) atoms. The van der Waals surface area contributed by atoms with Gasteiger partial charge < -0.3 is 10.4 Å². The molecule has 0 aromatic rings. The molecule has 2 N–H and O–H groups in total. The van der Waals surface area contributed by atoms with Gasteiger partial charge in [-0.3, -0.25) is 4.79 Å². The molecule has 0 aromatic heterocycles. The molecule has 0 saturated carbocycles. The van der Waals surface area contributed by atoms with Gasteiger partial charge in [0.2, 0.25) is 0 Å². The van der Waals surface area contributed by atoms with E-state index in [0.29, 0.717) is 5.92 Å². The van der Waals surface area contributed by atoms with E-state index in [9.17, 15) is 4.79 Å². The zero-order valence-corrected chi connectivity index (χ0v) is 8.25. The van der Waals surface area contributed by atoms with E-state index in [1.54, 1.807) is 0 Å². The lowest BCUT2D eigenvalue weighted by Gasteiger charge is -2.29. The van der Waals surface area contributed by atoms with E-state index in [0.717, 1.165) is 38.6 Å². The van der Waals surface area contributed by atoms with Crippen LogP contribution in [0.1, 0.15) is 39.0 Å². The molecule has 1 aliphatic heterocycles. The molecule has 0 bridgehead atoms. The number of carboxylic acid groups (broad SMARTS) is 1. The molecule has 3 heteroatoms. The van der Waals surface area contributed by atoms with Crippen LogP contribution in [0.3, 0.4) is 0 Å². The molecule has 76 valence electrons. The monoisotopic (exact) mass is 185 g/mol. The van der Waals surface area contributed by atoms with Gasteiger partial charge in [-0.1, -0.05) is 19.8 Å². The van der Waals surface area contributed by atoms with Crippen LogP contribution >= 0.6 is 0 Å². The highest BCUT2D eigenvalue weighted by Crippen LogP contribution is 2.22. The summed E-state index contributed by atoms with van der Waals surface area (Å²) in [7, 11) is 0. The van der Waals surface area contributed by atoms with Crippen molar-refractivity contribution in [1.82, 2.24) is 5.32 Å². The first-order chi connectivity index (χ1) is 6.25. The Morgan fingerprint density at radius 3 is 3.00 bits per heavy atom. The molecule has 0 unspecified atom stereocenters. The number of hydrogen-bond acceptors (Lipinski definition) is 2. The van der Waals surface area contributed by atoms with Crippen LogP contribution < -0.4 is 5.32 Å². The lowest BCUT2D eigenvalue weighted by Crippen LogP contribution is -2.46. The van der Waals surface area contributed by atoms with Crippen LogP contribution in [-0.2, 0) is 4.79 Å². The van der Waals surface area contributed by atoms with Crippen molar-refractivity contribution >= 4 is 5.97 Å². The number of unbranched alkanes of at least 4 members (excludes halogenated alkanes) is 1. The topological polar surface area (TPSA) is 49.3 Å². The van der Waals surface area contributed by atoms with Gasteiger partial charge in [-0.05, 0) is 31.7 Å². The van der Waals surface area contributed by atoms with Crippen LogP contribution in [-0.4, -0.2) is 23.7 Å². The highest BCUT2D eigenvalue weighted by Gasteiger charge is 2.29. The molecule has 0 aromatic carbocycles. The van der Waals surface area contributed by atoms with Crippen molar-refractivity contribution in [3.05, 3.63) is 0 Å². The van der Waals surface area contributed by atoms with Crippen molar-refractivity contribution in [1.29, 1.82) is 0 Å². The maximum atomic E-state index is 10.9. The largest absolute Gasteiger partial charge is 0.480 e. The molecule has 2 atom stereocenters. The van der Waals surface area contributed by atoms with Gasteiger partial charge >= 0.3 is 5.97 Å². The quantitative estimate of drug-likeness (QED) is 0.700. The summed E-state index contributed by atoms with van der Waals surface area (Å²) >= 11 is 0. The Labute approximate surface area is 79.5 Å². The second kappa shape index (κ2) is 5.22. The van der Waals surface area contributed by atoms with E-state index < -0.39 is 5.97 Å². The van der Waals surface area contributed by atoms with Crippen molar-refractivity contribution < 1.29 is 9.90 Å². The van der Waals surface area contributed by atoms with E-state index in [1.807, 2.05) is 0 Å². The van der Waals surface area contributed by atoms with Crippen LogP contribution in [0.2, 0.25) is 0 Å². The van der Waals surface area contributed by atoms with Gasteiger partial charge in [-0.2, -0.15) is 0 Å². The number of piperidine rings is 1. The highest BCUT2D eigenvalue weighted by molar-refractivity contribution is 5.74. The first-order valence-electron chi connectivity index (χ1n) is 5.22. The molecule has 0 radical (unpaired) electrons. The summed E-state index contributed by atoms with van der Waals surface area (Å²) in [5.41, 5.74) is 0. The minimum atomic E-state index is -0.680. The van der Waals surface area contributed by atoms with Crippen LogP contribution in [0.25, 0.3) is 0 Å². The molecule has 1 aliphatic rings. The van der Waals surface area contributed by atoms with E-state index in [-0.39, 0.29) is 6.04 Å². The molecule has 0 spiro atoms. The molecular formula is C10H19NO2. The van der Waals surface area contributed by atoms with Crippen LogP contribution in [0.4, 0.5) is 0 Å². The van der Waals surface area contributed by atoms with Gasteiger partial charge in [0, 0.05) is 0 Å². The molecule has 1 fully saturated rings. The van der Waals surface area contributed by atoms with Gasteiger partial charge in [0.1, 0.15) is 6.04 Å². The van der Waals surface area contributed by atoms with Crippen LogP contribution in [0, 0.1) is 5.92 Å². The fourth-order valence-corrected chi connectivity index (χ4v) is 2.02. The lowest BCUT2D eigenvalue weighted by atomic mass is 9.87. The van der Waals surface area contributed by atoms with Crippen molar-refractivity contribution in [2.24, 2.45) is 5.92 Å². The third-order valence-electron chi connectivity index (χ3n) is 2.78. The van der Waals surface area contributed by atoms with Gasteiger partial charge in [-0.15, -0.1) is 0 Å². The average Bonchev–Trinajstić information content (AvgIpc) is 2.15. The highest BCUT2D eigenvalue weighted by atomic mass is 16.4. The normalized spacial score (nSPS) is 28.7. The minimum Gasteiger partial charge on any atom is -0.480 e. The van der Waals surface area contributed by atoms with Crippen LogP contribution in [0.5, 0.6) is 0 Å². The predicted molar refractivity (Wildman–Crippen MR) is 51.7 cm³/mol. The third-order valence-corrected chi connectivity index (χ3v) is 2.78. The van der Waals surface area contributed by atoms with Gasteiger partial charge in [-0.25, -0.2) is 0 Å².